The largest absolute Gasteiger partial charge is 0.488 e. The van der Waals surface area contributed by atoms with Gasteiger partial charge in [0.05, 0.1) is 27.5 Å². The third-order valence-electron chi connectivity index (χ3n) is 5.35. The molecule has 2 atom stereocenters. The first-order valence-corrected chi connectivity index (χ1v) is 11.4. The number of carboxylic acids is 1. The van der Waals surface area contributed by atoms with Gasteiger partial charge in [0.1, 0.15) is 23.3 Å². The van der Waals surface area contributed by atoms with Crippen molar-refractivity contribution in [2.75, 3.05) is 22.8 Å². The molecule has 7 nitrogen and oxygen atoms in total. The first-order chi connectivity index (χ1) is 15.0. The van der Waals surface area contributed by atoms with Crippen molar-refractivity contribution >= 4 is 39.9 Å². The summed E-state index contributed by atoms with van der Waals surface area (Å²) >= 11 is 6.33. The van der Waals surface area contributed by atoms with E-state index in [2.05, 4.69) is 21.8 Å². The number of piperidine rings is 1. The summed E-state index contributed by atoms with van der Waals surface area (Å²) in [6, 6.07) is 9.73. The van der Waals surface area contributed by atoms with Crippen LogP contribution in [0.1, 0.15) is 35.2 Å². The summed E-state index contributed by atoms with van der Waals surface area (Å²) in [5.74, 6) is -0.793. The average Bonchev–Trinajstić information content (AvgIpc) is 2.77. The zero-order valence-electron chi connectivity index (χ0n) is 16.5. The maximum absolute atomic E-state index is 13.3. The summed E-state index contributed by atoms with van der Waals surface area (Å²) in [5.41, 5.74) is 1.51. The van der Waals surface area contributed by atoms with Crippen LogP contribution < -0.4 is 14.4 Å². The van der Waals surface area contributed by atoms with Gasteiger partial charge in [-0.05, 0) is 55.7 Å². The van der Waals surface area contributed by atoms with Gasteiger partial charge < -0.3 is 14.7 Å². The molecular weight excluding hydrogens is 438 g/mol. The lowest BCUT2D eigenvalue weighted by Gasteiger charge is -2.37. The van der Waals surface area contributed by atoms with Crippen molar-refractivity contribution in [1.29, 1.82) is 5.26 Å². The summed E-state index contributed by atoms with van der Waals surface area (Å²) in [7, 11) is -1.83. The monoisotopic (exact) mass is 457 g/mol. The second-order valence-corrected chi connectivity index (χ2v) is 8.88. The number of anilines is 2. The number of fused-ring (bicyclic) bond motifs is 4. The van der Waals surface area contributed by atoms with Gasteiger partial charge in [0, 0.05) is 12.6 Å². The molecule has 2 aromatic carbocycles. The molecule has 0 saturated carbocycles. The van der Waals surface area contributed by atoms with Gasteiger partial charge in [-0.15, -0.1) is 0 Å². The van der Waals surface area contributed by atoms with Crippen molar-refractivity contribution in [3.05, 3.63) is 58.6 Å². The van der Waals surface area contributed by atoms with Crippen LogP contribution in [0.25, 0.3) is 0 Å². The summed E-state index contributed by atoms with van der Waals surface area (Å²) < 4.78 is 22.0. The first kappa shape index (κ1) is 21.2. The van der Waals surface area contributed by atoms with Crippen LogP contribution in [0.5, 0.6) is 5.75 Å². The van der Waals surface area contributed by atoms with Crippen LogP contribution in [0, 0.1) is 11.3 Å². The van der Waals surface area contributed by atoms with E-state index >= 15 is 0 Å². The molecular formula is C22H20ClN3O4S. The number of nitriles is 1. The molecule has 2 unspecified atom stereocenters. The number of nitrogens with one attached hydrogen (secondary N) is 1. The normalized spacial score (nSPS) is 21.5. The first-order valence-electron chi connectivity index (χ1n) is 9.83. The molecule has 4 rings (SSSR count). The molecule has 160 valence electrons. The second-order valence-electron chi connectivity index (χ2n) is 7.29. The SMILES string of the molecule is N#Cc1cc2c(cc1Cl)N1CCCCC1/C=C/COc1ccc(C(=O)O)cc1S(=O)N2. The van der Waals surface area contributed by atoms with Gasteiger partial charge in [0.25, 0.3) is 0 Å². The Hall–Kier alpha value is -3.02. The number of hydrogen-bond acceptors (Lipinski definition) is 5. The number of carboxylic acid groups (broad SMARTS) is 1. The van der Waals surface area contributed by atoms with Crippen molar-refractivity contribution in [1.82, 2.24) is 0 Å². The van der Waals surface area contributed by atoms with Crippen molar-refractivity contribution in [3.8, 4) is 11.8 Å². The lowest BCUT2D eigenvalue weighted by molar-refractivity contribution is 0.0696. The molecule has 2 heterocycles. The minimum Gasteiger partial charge on any atom is -0.488 e. The van der Waals surface area contributed by atoms with Crippen molar-refractivity contribution in [3.63, 3.8) is 0 Å². The molecule has 31 heavy (non-hydrogen) atoms. The minimum atomic E-state index is -1.83. The zero-order valence-corrected chi connectivity index (χ0v) is 18.1. The molecule has 1 fully saturated rings. The average molecular weight is 458 g/mol. The third kappa shape index (κ3) is 4.38. The Morgan fingerprint density at radius 1 is 1.32 bits per heavy atom. The number of aromatic carboxylic acids is 1. The van der Waals surface area contributed by atoms with E-state index in [0.717, 1.165) is 31.5 Å². The molecule has 0 aromatic heterocycles. The molecule has 1 saturated heterocycles. The van der Waals surface area contributed by atoms with Crippen molar-refractivity contribution in [2.45, 2.75) is 30.2 Å². The van der Waals surface area contributed by atoms with E-state index < -0.39 is 17.0 Å². The van der Waals surface area contributed by atoms with Gasteiger partial charge in [-0.1, -0.05) is 17.7 Å². The maximum atomic E-state index is 13.3. The highest BCUT2D eigenvalue weighted by atomic mass is 35.5. The van der Waals surface area contributed by atoms with Crippen LogP contribution >= 0.6 is 11.6 Å². The highest BCUT2D eigenvalue weighted by Crippen LogP contribution is 2.37. The number of hydrogen-bond donors (Lipinski definition) is 2. The van der Waals surface area contributed by atoms with E-state index in [-0.39, 0.29) is 28.7 Å². The number of halogens is 1. The Morgan fingerprint density at radius 3 is 2.94 bits per heavy atom. The van der Waals surface area contributed by atoms with Crippen LogP contribution in [0.15, 0.2) is 47.4 Å². The Labute approximate surface area is 187 Å². The molecule has 9 heteroatoms. The van der Waals surface area contributed by atoms with Crippen LogP contribution in [0.4, 0.5) is 11.4 Å². The number of ether oxygens (including phenoxy) is 1. The van der Waals surface area contributed by atoms with Gasteiger partial charge in [0.2, 0.25) is 0 Å². The maximum Gasteiger partial charge on any atom is 0.335 e. The lowest BCUT2D eigenvalue weighted by atomic mass is 10.00. The predicted octanol–water partition coefficient (Wildman–Crippen LogP) is 4.35. The zero-order chi connectivity index (χ0) is 22.0. The molecule has 0 spiro atoms. The van der Waals surface area contributed by atoms with Gasteiger partial charge in [0.15, 0.2) is 11.0 Å². The Balaban J connectivity index is 1.86. The van der Waals surface area contributed by atoms with Crippen LogP contribution in [0.2, 0.25) is 5.02 Å². The van der Waals surface area contributed by atoms with E-state index in [1.54, 1.807) is 12.1 Å². The fourth-order valence-corrected chi connectivity index (χ4v) is 5.05. The van der Waals surface area contributed by atoms with Gasteiger partial charge in [-0.2, -0.15) is 5.26 Å². The molecule has 2 aliphatic rings. The van der Waals surface area contributed by atoms with E-state index in [1.165, 1.54) is 18.2 Å². The fraction of sp³-hybridized carbons (Fsp3) is 0.273. The van der Waals surface area contributed by atoms with Crippen LogP contribution in [-0.2, 0) is 11.0 Å². The van der Waals surface area contributed by atoms with Gasteiger partial charge in [-0.3, -0.25) is 4.72 Å². The van der Waals surface area contributed by atoms with E-state index in [1.807, 2.05) is 6.08 Å². The Morgan fingerprint density at radius 2 is 2.16 bits per heavy atom. The Kier molecular flexibility index (Phi) is 6.16. The van der Waals surface area contributed by atoms with E-state index in [4.69, 9.17) is 16.3 Å². The number of carbonyl (C=O) groups is 1. The predicted molar refractivity (Wildman–Crippen MR) is 119 cm³/mol. The third-order valence-corrected chi connectivity index (χ3v) is 6.79. The van der Waals surface area contributed by atoms with Crippen LogP contribution in [-0.4, -0.2) is 34.5 Å². The quantitative estimate of drug-likeness (QED) is 0.617. The summed E-state index contributed by atoms with van der Waals surface area (Å²) in [5, 5.41) is 19.1. The van der Waals surface area contributed by atoms with Crippen molar-refractivity contribution in [2.24, 2.45) is 0 Å². The topological polar surface area (TPSA) is 103 Å². The number of benzene rings is 2. The smallest absolute Gasteiger partial charge is 0.335 e. The molecule has 2 aliphatic heterocycles. The van der Waals surface area contributed by atoms with Crippen molar-refractivity contribution < 1.29 is 18.8 Å². The molecule has 2 aromatic rings. The summed E-state index contributed by atoms with van der Waals surface area (Å²) in [4.78, 5) is 13.8. The van der Waals surface area contributed by atoms with Gasteiger partial charge in [-0.25, -0.2) is 9.00 Å². The fourth-order valence-electron chi connectivity index (χ4n) is 3.83. The molecule has 0 radical (unpaired) electrons. The molecule has 0 aliphatic carbocycles. The number of nitrogens with zero attached hydrogens (tertiary/aromatic N) is 2. The summed E-state index contributed by atoms with van der Waals surface area (Å²) in [6.45, 7) is 1.06. The molecule has 2 N–H and O–H groups in total. The standard InChI is InChI=1S/C22H20ClN3O4S/c23-17-12-19-18(10-15(17)13-24)25-31(29)21-11-14(22(27)28)6-7-20(21)30-9-3-5-16-4-1-2-8-26(16)19/h3,5-7,10-12,16,25H,1-2,4,8-9H2,(H,27,28)/b5-3+. The Bertz CT molecular complexity index is 1130. The highest BCUT2D eigenvalue weighted by Gasteiger charge is 2.26. The lowest BCUT2D eigenvalue weighted by Crippen LogP contribution is -2.39. The van der Waals surface area contributed by atoms with Gasteiger partial charge >= 0.3 is 5.97 Å². The second kappa shape index (κ2) is 9.00. The minimum absolute atomic E-state index is 0.00488. The van der Waals surface area contributed by atoms with E-state index in [9.17, 15) is 19.4 Å². The molecule has 0 bridgehead atoms. The number of rotatable bonds is 1. The molecule has 0 amide bonds. The summed E-state index contributed by atoms with van der Waals surface area (Å²) in [6.07, 6.45) is 7.05. The van der Waals surface area contributed by atoms with Crippen LogP contribution in [0.3, 0.4) is 0 Å². The highest BCUT2D eigenvalue weighted by molar-refractivity contribution is 7.86. The van der Waals surface area contributed by atoms with E-state index in [0.29, 0.717) is 16.5 Å².